The number of hydrogen-bond donors (Lipinski definition) is 3. The number of benzene rings is 2. The van der Waals surface area contributed by atoms with Crippen LogP contribution in [0.2, 0.25) is 0 Å². The predicted molar refractivity (Wildman–Crippen MR) is 108 cm³/mol. The Morgan fingerprint density at radius 1 is 0.963 bits per heavy atom. The van der Waals surface area contributed by atoms with Crippen molar-refractivity contribution in [2.75, 3.05) is 0 Å². The summed E-state index contributed by atoms with van der Waals surface area (Å²) < 4.78 is 0. The largest absolute Gasteiger partial charge is 0.481 e. The molecule has 2 aromatic carbocycles. The maximum Gasteiger partial charge on any atom is 0.309 e. The molecule has 5 N–H and O–H groups in total. The van der Waals surface area contributed by atoms with Crippen molar-refractivity contribution >= 4 is 11.9 Å². The molecule has 1 saturated carbocycles. The van der Waals surface area contributed by atoms with Crippen molar-refractivity contribution in [2.45, 2.75) is 44.6 Å². The summed E-state index contributed by atoms with van der Waals surface area (Å²) in [5.74, 6) is -0.748. The number of guanidine groups is 1. The van der Waals surface area contributed by atoms with Crippen LogP contribution in [0.15, 0.2) is 59.6 Å². The SMILES string of the molecule is NC(N)=NC(CC1(C(=O)O)CCCCC1)c1ccc(-c2ccccc2)cc1. The molecule has 1 aliphatic carbocycles. The van der Waals surface area contributed by atoms with Crippen LogP contribution in [0.1, 0.15) is 50.1 Å². The Hall–Kier alpha value is -2.82. The molecular formula is C22H27N3O2. The summed E-state index contributed by atoms with van der Waals surface area (Å²) in [4.78, 5) is 16.4. The zero-order valence-corrected chi connectivity index (χ0v) is 15.5. The highest BCUT2D eigenvalue weighted by Gasteiger charge is 2.41. The van der Waals surface area contributed by atoms with Gasteiger partial charge < -0.3 is 16.6 Å². The van der Waals surface area contributed by atoms with Gasteiger partial charge in [0.05, 0.1) is 11.5 Å². The van der Waals surface area contributed by atoms with Gasteiger partial charge in [-0.15, -0.1) is 0 Å². The first-order chi connectivity index (χ1) is 13.0. The van der Waals surface area contributed by atoms with Crippen LogP contribution in [0.4, 0.5) is 0 Å². The average Bonchev–Trinajstić information content (AvgIpc) is 2.68. The fourth-order valence-electron chi connectivity index (χ4n) is 4.05. The van der Waals surface area contributed by atoms with E-state index < -0.39 is 11.4 Å². The molecule has 1 fully saturated rings. The van der Waals surface area contributed by atoms with Crippen molar-refractivity contribution in [1.82, 2.24) is 0 Å². The second kappa shape index (κ2) is 8.25. The molecule has 142 valence electrons. The van der Waals surface area contributed by atoms with E-state index in [2.05, 4.69) is 17.1 Å². The molecule has 2 aromatic rings. The molecule has 0 heterocycles. The van der Waals surface area contributed by atoms with Gasteiger partial charge in [-0.25, -0.2) is 4.99 Å². The molecule has 0 bridgehead atoms. The summed E-state index contributed by atoms with van der Waals surface area (Å²) in [6.07, 6.45) is 4.75. The van der Waals surface area contributed by atoms with Crippen LogP contribution in [0.5, 0.6) is 0 Å². The Bertz CT molecular complexity index is 790. The minimum absolute atomic E-state index is 0.0107. The number of nitrogens with zero attached hydrogens (tertiary/aromatic N) is 1. The van der Waals surface area contributed by atoms with Crippen LogP contribution in [-0.4, -0.2) is 17.0 Å². The lowest BCUT2D eigenvalue weighted by Gasteiger charge is -2.35. The van der Waals surface area contributed by atoms with Gasteiger partial charge in [0.2, 0.25) is 0 Å². The fourth-order valence-corrected chi connectivity index (χ4v) is 4.05. The molecule has 1 aliphatic rings. The summed E-state index contributed by atoms with van der Waals surface area (Å²) in [6.45, 7) is 0. The van der Waals surface area contributed by atoms with Crippen LogP contribution >= 0.6 is 0 Å². The topological polar surface area (TPSA) is 102 Å². The molecule has 3 rings (SSSR count). The van der Waals surface area contributed by atoms with Crippen LogP contribution < -0.4 is 11.5 Å². The Kier molecular flexibility index (Phi) is 5.79. The van der Waals surface area contributed by atoms with Crippen LogP contribution in [-0.2, 0) is 4.79 Å². The number of carbonyl (C=O) groups is 1. The zero-order chi connectivity index (χ0) is 19.3. The molecule has 0 aliphatic heterocycles. The van der Waals surface area contributed by atoms with Gasteiger partial charge in [-0.2, -0.15) is 0 Å². The normalized spacial score (nSPS) is 17.0. The van der Waals surface area contributed by atoms with E-state index in [4.69, 9.17) is 11.5 Å². The van der Waals surface area contributed by atoms with E-state index in [0.29, 0.717) is 19.3 Å². The average molecular weight is 365 g/mol. The van der Waals surface area contributed by atoms with E-state index >= 15 is 0 Å². The van der Waals surface area contributed by atoms with E-state index in [1.807, 2.05) is 42.5 Å². The number of hydrogen-bond acceptors (Lipinski definition) is 2. The second-order valence-electron chi connectivity index (χ2n) is 7.41. The summed E-state index contributed by atoms with van der Waals surface area (Å²) >= 11 is 0. The predicted octanol–water partition coefficient (Wildman–Crippen LogP) is 4.09. The standard InChI is InChI=1S/C22H27N3O2/c23-21(24)25-19(15-22(20(26)27)13-5-2-6-14-22)18-11-9-17(10-12-18)16-7-3-1-4-8-16/h1,3-4,7-12,19H,2,5-6,13-15H2,(H,26,27)(H4,23,24,25). The summed E-state index contributed by atoms with van der Waals surface area (Å²) in [5.41, 5.74) is 13.7. The highest BCUT2D eigenvalue weighted by Crippen LogP contribution is 2.44. The molecule has 5 nitrogen and oxygen atoms in total. The molecule has 5 heteroatoms. The fraction of sp³-hybridized carbons (Fsp3) is 0.364. The van der Waals surface area contributed by atoms with Gasteiger partial charge >= 0.3 is 5.97 Å². The first kappa shape index (κ1) is 19.0. The van der Waals surface area contributed by atoms with E-state index in [9.17, 15) is 9.90 Å². The molecule has 27 heavy (non-hydrogen) atoms. The monoisotopic (exact) mass is 365 g/mol. The maximum absolute atomic E-state index is 12.1. The minimum Gasteiger partial charge on any atom is -0.481 e. The number of carboxylic acids is 1. The first-order valence-corrected chi connectivity index (χ1v) is 9.48. The quantitative estimate of drug-likeness (QED) is 0.530. The van der Waals surface area contributed by atoms with Crippen molar-refractivity contribution < 1.29 is 9.90 Å². The molecular weight excluding hydrogens is 338 g/mol. The third-order valence-corrected chi connectivity index (χ3v) is 5.56. The number of rotatable bonds is 6. The first-order valence-electron chi connectivity index (χ1n) is 9.48. The van der Waals surface area contributed by atoms with Gasteiger partial charge in [-0.1, -0.05) is 73.9 Å². The summed E-state index contributed by atoms with van der Waals surface area (Å²) in [6, 6.07) is 17.8. The number of carboxylic acid groups (broad SMARTS) is 1. The Morgan fingerprint density at radius 2 is 1.56 bits per heavy atom. The maximum atomic E-state index is 12.1. The third kappa shape index (κ3) is 4.48. The van der Waals surface area contributed by atoms with Gasteiger partial charge in [0.1, 0.15) is 0 Å². The van der Waals surface area contributed by atoms with E-state index in [1.54, 1.807) is 0 Å². The van der Waals surface area contributed by atoms with E-state index in [0.717, 1.165) is 36.0 Å². The van der Waals surface area contributed by atoms with Gasteiger partial charge in [0.25, 0.3) is 0 Å². The van der Waals surface area contributed by atoms with Gasteiger partial charge in [0, 0.05) is 0 Å². The Morgan fingerprint density at radius 3 is 2.11 bits per heavy atom. The van der Waals surface area contributed by atoms with E-state index in [-0.39, 0.29) is 12.0 Å². The third-order valence-electron chi connectivity index (χ3n) is 5.56. The van der Waals surface area contributed by atoms with Crippen molar-refractivity contribution in [3.63, 3.8) is 0 Å². The van der Waals surface area contributed by atoms with Gasteiger partial charge in [-0.3, -0.25) is 4.79 Å². The lowest BCUT2D eigenvalue weighted by molar-refractivity contribution is -0.152. The van der Waals surface area contributed by atoms with Crippen LogP contribution in [0, 0.1) is 5.41 Å². The highest BCUT2D eigenvalue weighted by molar-refractivity contribution is 5.77. The number of aliphatic imine (C=N–C) groups is 1. The zero-order valence-electron chi connectivity index (χ0n) is 15.5. The smallest absolute Gasteiger partial charge is 0.309 e. The number of nitrogens with two attached hydrogens (primary N) is 2. The van der Waals surface area contributed by atoms with Gasteiger partial charge in [0.15, 0.2) is 5.96 Å². The minimum atomic E-state index is -0.750. The Balaban J connectivity index is 1.88. The molecule has 0 saturated heterocycles. The number of aliphatic carboxylic acids is 1. The lowest BCUT2D eigenvalue weighted by atomic mass is 9.69. The second-order valence-corrected chi connectivity index (χ2v) is 7.41. The van der Waals surface area contributed by atoms with E-state index in [1.165, 1.54) is 0 Å². The molecule has 0 aromatic heterocycles. The molecule has 1 atom stereocenters. The molecule has 0 spiro atoms. The molecule has 0 radical (unpaired) electrons. The molecule has 1 unspecified atom stereocenters. The molecule has 0 amide bonds. The highest BCUT2D eigenvalue weighted by atomic mass is 16.4. The summed E-state index contributed by atoms with van der Waals surface area (Å²) in [5, 5.41) is 9.90. The van der Waals surface area contributed by atoms with Crippen LogP contribution in [0.3, 0.4) is 0 Å². The van der Waals surface area contributed by atoms with Crippen molar-refractivity contribution in [3.05, 3.63) is 60.2 Å². The van der Waals surface area contributed by atoms with Crippen LogP contribution in [0.25, 0.3) is 11.1 Å². The lowest BCUT2D eigenvalue weighted by Crippen LogP contribution is -2.35. The van der Waals surface area contributed by atoms with Crippen molar-refractivity contribution in [2.24, 2.45) is 21.9 Å². The summed E-state index contributed by atoms with van der Waals surface area (Å²) in [7, 11) is 0. The van der Waals surface area contributed by atoms with Crippen molar-refractivity contribution in [1.29, 1.82) is 0 Å². The van der Waals surface area contributed by atoms with Gasteiger partial charge in [-0.05, 0) is 36.0 Å². The Labute approximate surface area is 160 Å². The van der Waals surface area contributed by atoms with Crippen molar-refractivity contribution in [3.8, 4) is 11.1 Å².